The lowest BCUT2D eigenvalue weighted by Crippen LogP contribution is -2.01. The van der Waals surface area contributed by atoms with E-state index >= 15 is 0 Å². The van der Waals surface area contributed by atoms with Crippen LogP contribution in [0, 0.1) is 0 Å². The summed E-state index contributed by atoms with van der Waals surface area (Å²) in [6, 6.07) is 74.0. The number of nitrogens with zero attached hydrogens (tertiary/aromatic N) is 3. The Morgan fingerprint density at radius 2 is 0.537 bits per heavy atom. The van der Waals surface area contributed by atoms with Crippen LogP contribution < -0.4 is 0 Å². The van der Waals surface area contributed by atoms with Gasteiger partial charge in [0.05, 0.1) is 0 Å². The predicted octanol–water partition coefficient (Wildman–Crippen LogP) is 13.2. The minimum absolute atomic E-state index is 0.618. The van der Waals surface area contributed by atoms with E-state index in [-0.39, 0.29) is 0 Å². The first kappa shape index (κ1) is 32.7. The monoisotopic (exact) mass is 689 g/mol. The molecule has 0 saturated heterocycles. The second-order valence-corrected chi connectivity index (χ2v) is 13.2. The lowest BCUT2D eigenvalue weighted by Gasteiger charge is -2.15. The first-order chi connectivity index (χ1) is 26.8. The van der Waals surface area contributed by atoms with Crippen molar-refractivity contribution in [3.8, 4) is 89.8 Å². The normalized spacial score (nSPS) is 11.0. The Balaban J connectivity index is 1.21. The minimum atomic E-state index is 0.618. The van der Waals surface area contributed by atoms with Crippen molar-refractivity contribution in [1.82, 2.24) is 15.0 Å². The van der Waals surface area contributed by atoms with E-state index in [1.807, 2.05) is 18.2 Å². The number of rotatable bonds is 8. The molecule has 9 rings (SSSR count). The van der Waals surface area contributed by atoms with Crippen LogP contribution in [0.25, 0.3) is 89.8 Å². The summed E-state index contributed by atoms with van der Waals surface area (Å²) >= 11 is 0. The van der Waals surface area contributed by atoms with Gasteiger partial charge in [0.2, 0.25) is 0 Å². The summed E-state index contributed by atoms with van der Waals surface area (Å²) < 4.78 is 0. The Morgan fingerprint density at radius 3 is 1.09 bits per heavy atom. The molecule has 0 amide bonds. The molecule has 1 heterocycles. The van der Waals surface area contributed by atoms with Crippen LogP contribution in [0.3, 0.4) is 0 Å². The minimum Gasteiger partial charge on any atom is -0.208 e. The Hall–Kier alpha value is -7.23. The van der Waals surface area contributed by atoms with Crippen molar-refractivity contribution in [1.29, 1.82) is 0 Å². The first-order valence-corrected chi connectivity index (χ1v) is 18.2. The van der Waals surface area contributed by atoms with Crippen molar-refractivity contribution in [3.05, 3.63) is 212 Å². The Morgan fingerprint density at radius 1 is 0.185 bits per heavy atom. The van der Waals surface area contributed by atoms with E-state index in [2.05, 4.69) is 194 Å². The van der Waals surface area contributed by atoms with Crippen molar-refractivity contribution in [3.63, 3.8) is 0 Å². The molecule has 54 heavy (non-hydrogen) atoms. The molecule has 3 nitrogen and oxygen atoms in total. The topological polar surface area (TPSA) is 38.7 Å². The fourth-order valence-corrected chi connectivity index (χ4v) is 7.04. The van der Waals surface area contributed by atoms with Gasteiger partial charge in [-0.25, -0.2) is 15.0 Å². The third kappa shape index (κ3) is 6.74. The van der Waals surface area contributed by atoms with E-state index < -0.39 is 0 Å². The van der Waals surface area contributed by atoms with E-state index in [9.17, 15) is 0 Å². The Labute approximate surface area is 316 Å². The molecule has 0 aliphatic rings. The molecule has 0 aliphatic carbocycles. The highest BCUT2D eigenvalue weighted by Crippen LogP contribution is 2.37. The van der Waals surface area contributed by atoms with Gasteiger partial charge in [-0.3, -0.25) is 0 Å². The van der Waals surface area contributed by atoms with Gasteiger partial charge in [0.1, 0.15) is 0 Å². The quantitative estimate of drug-likeness (QED) is 0.159. The van der Waals surface area contributed by atoms with Crippen LogP contribution in [-0.4, -0.2) is 15.0 Å². The van der Waals surface area contributed by atoms with Gasteiger partial charge < -0.3 is 0 Å². The summed E-state index contributed by atoms with van der Waals surface area (Å²) in [6.45, 7) is 0. The van der Waals surface area contributed by atoms with Crippen molar-refractivity contribution < 1.29 is 0 Å². The summed E-state index contributed by atoms with van der Waals surface area (Å²) in [5.74, 6) is 1.86. The molecule has 3 heteroatoms. The molecular formula is C51H35N3. The zero-order chi connectivity index (χ0) is 36.1. The largest absolute Gasteiger partial charge is 0.208 e. The van der Waals surface area contributed by atoms with E-state index in [1.54, 1.807) is 0 Å². The van der Waals surface area contributed by atoms with Gasteiger partial charge >= 0.3 is 0 Å². The fourth-order valence-electron chi connectivity index (χ4n) is 7.04. The molecule has 0 spiro atoms. The molecule has 0 radical (unpaired) electrons. The molecule has 0 atom stereocenters. The van der Waals surface area contributed by atoms with Crippen molar-refractivity contribution in [2.45, 2.75) is 0 Å². The number of hydrogen-bond acceptors (Lipinski definition) is 3. The van der Waals surface area contributed by atoms with Crippen LogP contribution in [0.4, 0.5) is 0 Å². The van der Waals surface area contributed by atoms with Crippen molar-refractivity contribution in [2.75, 3.05) is 0 Å². The van der Waals surface area contributed by atoms with Gasteiger partial charge in [0.25, 0.3) is 0 Å². The van der Waals surface area contributed by atoms with Crippen LogP contribution in [0.5, 0.6) is 0 Å². The van der Waals surface area contributed by atoms with Gasteiger partial charge in [0, 0.05) is 16.7 Å². The summed E-state index contributed by atoms with van der Waals surface area (Å²) in [7, 11) is 0. The maximum atomic E-state index is 5.25. The highest BCUT2D eigenvalue weighted by atomic mass is 15.0. The molecule has 254 valence electrons. The Bertz CT molecular complexity index is 2670. The molecule has 9 aromatic rings. The SMILES string of the molecule is c1ccc(-c2cccc(-c3nc(-c4ccc(-c5ccccc5-c5ccccc5)cc4)nc(-c4cc(-c5ccccc5)ccc4-c4ccccc4)n3)c2)cc1. The standard InChI is InChI=1S/C51H35N3/c1-5-16-36(17-6-1)42-24-15-25-44(34-42)50-52-49(41-30-28-40(29-31-41)46-27-14-13-26-45(46)38-20-9-3-10-21-38)53-51(54-50)48-35-43(37-18-7-2-8-19-37)32-33-47(48)39-22-11-4-12-23-39/h1-35H. The van der Waals surface area contributed by atoms with Crippen LogP contribution in [0.2, 0.25) is 0 Å². The number of hydrogen-bond donors (Lipinski definition) is 0. The van der Waals surface area contributed by atoms with Gasteiger partial charge in [-0.1, -0.05) is 200 Å². The zero-order valence-corrected chi connectivity index (χ0v) is 29.5. The molecule has 0 aliphatic heterocycles. The maximum Gasteiger partial charge on any atom is 0.164 e. The second-order valence-electron chi connectivity index (χ2n) is 13.2. The summed E-state index contributed by atoms with van der Waals surface area (Å²) in [5.41, 5.74) is 14.1. The average Bonchev–Trinajstić information content (AvgIpc) is 3.27. The van der Waals surface area contributed by atoms with Gasteiger partial charge in [-0.15, -0.1) is 0 Å². The van der Waals surface area contributed by atoms with Crippen LogP contribution >= 0.6 is 0 Å². The van der Waals surface area contributed by atoms with Gasteiger partial charge in [-0.2, -0.15) is 0 Å². The smallest absolute Gasteiger partial charge is 0.164 e. The third-order valence-corrected chi connectivity index (χ3v) is 9.78. The summed E-state index contributed by atoms with van der Waals surface area (Å²) in [6.07, 6.45) is 0. The summed E-state index contributed by atoms with van der Waals surface area (Å²) in [5, 5.41) is 0. The van der Waals surface area contributed by atoms with Crippen LogP contribution in [0.1, 0.15) is 0 Å². The van der Waals surface area contributed by atoms with Gasteiger partial charge in [-0.05, 0) is 67.8 Å². The van der Waals surface area contributed by atoms with Crippen molar-refractivity contribution >= 4 is 0 Å². The van der Waals surface area contributed by atoms with E-state index in [1.165, 1.54) is 16.7 Å². The number of aromatic nitrogens is 3. The number of benzene rings is 8. The first-order valence-electron chi connectivity index (χ1n) is 18.2. The van der Waals surface area contributed by atoms with E-state index in [4.69, 9.17) is 15.0 Å². The maximum absolute atomic E-state index is 5.25. The van der Waals surface area contributed by atoms with Crippen LogP contribution in [-0.2, 0) is 0 Å². The highest BCUT2D eigenvalue weighted by molar-refractivity contribution is 5.87. The molecular weight excluding hydrogens is 655 g/mol. The molecule has 1 aromatic heterocycles. The van der Waals surface area contributed by atoms with E-state index in [0.29, 0.717) is 17.5 Å². The van der Waals surface area contributed by atoms with E-state index in [0.717, 1.165) is 55.6 Å². The lowest BCUT2D eigenvalue weighted by atomic mass is 9.94. The highest BCUT2D eigenvalue weighted by Gasteiger charge is 2.18. The molecule has 0 N–H and O–H groups in total. The predicted molar refractivity (Wildman–Crippen MR) is 223 cm³/mol. The van der Waals surface area contributed by atoms with Crippen LogP contribution in [0.15, 0.2) is 212 Å². The molecule has 0 saturated carbocycles. The zero-order valence-electron chi connectivity index (χ0n) is 29.5. The Kier molecular flexibility index (Phi) is 8.94. The average molecular weight is 690 g/mol. The molecule has 8 aromatic carbocycles. The third-order valence-electron chi connectivity index (χ3n) is 9.78. The summed E-state index contributed by atoms with van der Waals surface area (Å²) in [4.78, 5) is 15.7. The van der Waals surface area contributed by atoms with Crippen molar-refractivity contribution in [2.24, 2.45) is 0 Å². The molecule has 0 bridgehead atoms. The molecule has 0 fully saturated rings. The lowest BCUT2D eigenvalue weighted by molar-refractivity contribution is 1.07. The second kappa shape index (κ2) is 14.8. The fraction of sp³-hybridized carbons (Fsp3) is 0. The van der Waals surface area contributed by atoms with Gasteiger partial charge in [0.15, 0.2) is 17.5 Å². The molecule has 0 unspecified atom stereocenters.